The third-order valence-electron chi connectivity index (χ3n) is 6.90. The zero-order chi connectivity index (χ0) is 21.5. The highest BCUT2D eigenvalue weighted by molar-refractivity contribution is 7.25. The fraction of sp³-hybridized carbons (Fsp3) is 0. The van der Waals surface area contributed by atoms with Gasteiger partial charge in [-0.05, 0) is 48.5 Å². The Morgan fingerprint density at radius 3 is 2.12 bits per heavy atom. The molecule has 0 amide bonds. The number of thiophene rings is 1. The van der Waals surface area contributed by atoms with Gasteiger partial charge in [-0.15, -0.1) is 11.3 Å². The fourth-order valence-corrected chi connectivity index (χ4v) is 6.62. The van der Waals surface area contributed by atoms with Crippen molar-refractivity contribution in [3.05, 3.63) is 109 Å². The highest BCUT2D eigenvalue weighted by atomic mass is 32.1. The summed E-state index contributed by atoms with van der Waals surface area (Å²) in [4.78, 5) is 2.43. The third-order valence-corrected chi connectivity index (χ3v) is 8.05. The molecule has 3 heteroatoms. The third kappa shape index (κ3) is 2.22. The summed E-state index contributed by atoms with van der Waals surface area (Å²) < 4.78 is 5.10. The Bertz CT molecular complexity index is 1890. The van der Waals surface area contributed by atoms with Crippen molar-refractivity contribution < 1.29 is 0 Å². The van der Waals surface area contributed by atoms with Crippen LogP contribution in [0.2, 0.25) is 0 Å². The number of fused-ring (bicyclic) bond motifs is 8. The van der Waals surface area contributed by atoms with E-state index in [9.17, 15) is 0 Å². The lowest BCUT2D eigenvalue weighted by atomic mass is 10.1. The minimum absolute atomic E-state index is 1.20. The van der Waals surface area contributed by atoms with Gasteiger partial charge in [-0.1, -0.05) is 60.7 Å². The quantitative estimate of drug-likeness (QED) is 0.248. The van der Waals surface area contributed by atoms with Crippen LogP contribution in [0.3, 0.4) is 0 Å². The number of anilines is 3. The first-order valence-corrected chi connectivity index (χ1v) is 12.0. The van der Waals surface area contributed by atoms with Crippen LogP contribution >= 0.6 is 11.3 Å². The molecule has 1 aliphatic heterocycles. The van der Waals surface area contributed by atoms with Crippen LogP contribution in [-0.2, 0) is 0 Å². The first kappa shape index (κ1) is 17.5. The van der Waals surface area contributed by atoms with E-state index in [1.807, 2.05) is 11.3 Å². The molecule has 0 radical (unpaired) electrons. The van der Waals surface area contributed by atoms with Crippen molar-refractivity contribution in [2.24, 2.45) is 0 Å². The highest BCUT2D eigenvalue weighted by Crippen LogP contribution is 2.50. The van der Waals surface area contributed by atoms with Crippen LogP contribution in [0.1, 0.15) is 0 Å². The second kappa shape index (κ2) is 6.25. The largest absolute Gasteiger partial charge is 0.306 e. The maximum Gasteiger partial charge on any atom is 0.0783 e. The molecular formula is C30H18N2S. The summed E-state index contributed by atoms with van der Waals surface area (Å²) >= 11 is 1.87. The van der Waals surface area contributed by atoms with Crippen LogP contribution in [0.4, 0.5) is 17.1 Å². The van der Waals surface area contributed by atoms with E-state index in [2.05, 4.69) is 119 Å². The number of aromatic nitrogens is 1. The summed E-state index contributed by atoms with van der Waals surface area (Å²) in [6.45, 7) is 0. The normalized spacial score (nSPS) is 12.8. The van der Waals surface area contributed by atoms with Crippen molar-refractivity contribution in [3.63, 3.8) is 0 Å². The van der Waals surface area contributed by atoms with E-state index >= 15 is 0 Å². The van der Waals surface area contributed by atoms with Gasteiger partial charge in [0.1, 0.15) is 0 Å². The number of nitrogens with zero attached hydrogens (tertiary/aromatic N) is 2. The average molecular weight is 439 g/mol. The van der Waals surface area contributed by atoms with Gasteiger partial charge >= 0.3 is 0 Å². The molecule has 3 heterocycles. The zero-order valence-electron chi connectivity index (χ0n) is 17.7. The topological polar surface area (TPSA) is 8.17 Å². The van der Waals surface area contributed by atoms with Gasteiger partial charge in [0.15, 0.2) is 0 Å². The van der Waals surface area contributed by atoms with E-state index in [4.69, 9.17) is 0 Å². The van der Waals surface area contributed by atoms with Gasteiger partial charge in [-0.3, -0.25) is 0 Å². The monoisotopic (exact) mass is 438 g/mol. The molecular weight excluding hydrogens is 420 g/mol. The number of benzene rings is 5. The van der Waals surface area contributed by atoms with Gasteiger partial charge in [0.2, 0.25) is 0 Å². The Hall–Kier alpha value is -4.08. The maximum absolute atomic E-state index is 2.43. The summed E-state index contributed by atoms with van der Waals surface area (Å²) in [6.07, 6.45) is 0. The molecule has 0 bridgehead atoms. The van der Waals surface area contributed by atoms with Gasteiger partial charge in [0.25, 0.3) is 0 Å². The smallest absolute Gasteiger partial charge is 0.0783 e. The molecule has 0 saturated carbocycles. The number of hydrogen-bond donors (Lipinski definition) is 0. The Morgan fingerprint density at radius 2 is 1.18 bits per heavy atom. The Morgan fingerprint density at radius 1 is 0.485 bits per heavy atom. The first-order chi connectivity index (χ1) is 16.4. The van der Waals surface area contributed by atoms with Crippen LogP contribution in [-0.4, -0.2) is 4.57 Å². The summed E-state index contributed by atoms with van der Waals surface area (Å²) in [5, 5.41) is 5.25. The van der Waals surface area contributed by atoms with E-state index in [1.54, 1.807) is 0 Å². The van der Waals surface area contributed by atoms with Crippen LogP contribution in [0.15, 0.2) is 109 Å². The van der Waals surface area contributed by atoms with Gasteiger partial charge < -0.3 is 9.47 Å². The van der Waals surface area contributed by atoms with Crippen molar-refractivity contribution in [2.75, 3.05) is 4.90 Å². The molecule has 2 nitrogen and oxygen atoms in total. The standard InChI is InChI=1S/C30H18N2S/c1-3-11-24-20(8-1)22-10-7-14-27-30(22)32(24)26-13-5-4-12-25(26)31(27)19-16-17-29-23(18-19)21-9-2-6-15-28(21)33-29/h1-18H. The van der Waals surface area contributed by atoms with Crippen LogP contribution in [0.5, 0.6) is 0 Å². The first-order valence-electron chi connectivity index (χ1n) is 11.2. The van der Waals surface area contributed by atoms with E-state index < -0.39 is 0 Å². The second-order valence-electron chi connectivity index (χ2n) is 8.63. The predicted molar refractivity (Wildman–Crippen MR) is 142 cm³/mol. The second-order valence-corrected chi connectivity index (χ2v) is 9.71. The Balaban J connectivity index is 1.50. The van der Waals surface area contributed by atoms with Crippen molar-refractivity contribution in [2.45, 2.75) is 0 Å². The van der Waals surface area contributed by atoms with Crippen molar-refractivity contribution in [1.29, 1.82) is 0 Å². The lowest BCUT2D eigenvalue weighted by Crippen LogP contribution is -2.17. The Kier molecular flexibility index (Phi) is 3.31. The van der Waals surface area contributed by atoms with Crippen molar-refractivity contribution >= 4 is 70.4 Å². The Labute approximate surface area is 194 Å². The van der Waals surface area contributed by atoms with Gasteiger partial charge in [0.05, 0.1) is 28.1 Å². The lowest BCUT2D eigenvalue weighted by Gasteiger charge is -2.33. The molecule has 7 aromatic rings. The summed E-state index contributed by atoms with van der Waals surface area (Å²) in [6, 6.07) is 39.8. The van der Waals surface area contributed by atoms with E-state index in [-0.39, 0.29) is 0 Å². The molecule has 0 saturated heterocycles. The number of hydrogen-bond acceptors (Lipinski definition) is 2. The average Bonchev–Trinajstić information content (AvgIpc) is 3.41. The summed E-state index contributed by atoms with van der Waals surface area (Å²) in [5.41, 5.74) is 7.37. The molecule has 0 N–H and O–H groups in total. The van der Waals surface area contributed by atoms with Crippen LogP contribution < -0.4 is 4.90 Å². The van der Waals surface area contributed by atoms with Gasteiger partial charge in [0, 0.05) is 36.6 Å². The van der Waals surface area contributed by atoms with Crippen LogP contribution in [0.25, 0.3) is 47.7 Å². The van der Waals surface area contributed by atoms with E-state index in [0.717, 1.165) is 0 Å². The van der Waals surface area contributed by atoms with E-state index in [0.29, 0.717) is 0 Å². The molecule has 33 heavy (non-hydrogen) atoms. The minimum Gasteiger partial charge on any atom is -0.306 e. The molecule has 0 spiro atoms. The zero-order valence-corrected chi connectivity index (χ0v) is 18.5. The molecule has 0 atom stereocenters. The highest BCUT2D eigenvalue weighted by Gasteiger charge is 2.28. The molecule has 0 unspecified atom stereocenters. The molecule has 1 aliphatic rings. The van der Waals surface area contributed by atoms with Crippen LogP contribution in [0, 0.1) is 0 Å². The number of rotatable bonds is 1. The molecule has 5 aromatic carbocycles. The lowest BCUT2D eigenvalue weighted by molar-refractivity contribution is 1.11. The molecule has 8 rings (SSSR count). The summed E-state index contributed by atoms with van der Waals surface area (Å²) in [5.74, 6) is 0. The van der Waals surface area contributed by atoms with Crippen molar-refractivity contribution in [3.8, 4) is 5.69 Å². The molecule has 0 aliphatic carbocycles. The van der Waals surface area contributed by atoms with E-state index in [1.165, 1.54) is 64.7 Å². The summed E-state index contributed by atoms with van der Waals surface area (Å²) in [7, 11) is 0. The molecule has 0 fully saturated rings. The van der Waals surface area contributed by atoms with Gasteiger partial charge in [-0.2, -0.15) is 0 Å². The SMILES string of the molecule is c1ccc2c(c1)N(c1ccc3sc4ccccc4c3c1)c1cccc3c4ccccc4n-2c13. The minimum atomic E-state index is 1.20. The fourth-order valence-electron chi connectivity index (χ4n) is 5.53. The predicted octanol–water partition coefficient (Wildman–Crippen LogP) is 8.93. The van der Waals surface area contributed by atoms with Crippen molar-refractivity contribution in [1.82, 2.24) is 4.57 Å². The maximum atomic E-state index is 2.43. The number of para-hydroxylation sites is 4. The molecule has 154 valence electrons. The molecule has 2 aromatic heterocycles. The van der Waals surface area contributed by atoms with Gasteiger partial charge in [-0.25, -0.2) is 0 Å².